The van der Waals surface area contributed by atoms with Gasteiger partial charge < -0.3 is 9.67 Å². The first-order valence-electron chi connectivity index (χ1n) is 8.94. The lowest BCUT2D eigenvalue weighted by Crippen LogP contribution is -2.01. The smallest absolute Gasteiger partial charge is 0.115 e. The second kappa shape index (κ2) is 7.93. The Balaban J connectivity index is 1.76. The fraction of sp³-hybridized carbons (Fsp3) is 0.136. The molecule has 0 fully saturated rings. The number of aliphatic hydroxyl groups is 1. The third-order valence-corrected chi connectivity index (χ3v) is 4.49. The summed E-state index contributed by atoms with van der Waals surface area (Å²) in [6.45, 7) is 0.880. The highest BCUT2D eigenvalue weighted by atomic mass is 16.3. The molecular weight excluding hydrogens is 336 g/mol. The fourth-order valence-electron chi connectivity index (χ4n) is 3.17. The normalized spacial score (nSPS) is 10.9. The van der Waals surface area contributed by atoms with Crippen LogP contribution in [0.15, 0.2) is 79.6 Å². The van der Waals surface area contributed by atoms with Crippen LogP contribution >= 0.6 is 0 Å². The van der Waals surface area contributed by atoms with E-state index in [0.717, 1.165) is 40.2 Å². The number of benzene rings is 2. The van der Waals surface area contributed by atoms with E-state index in [1.807, 2.05) is 36.9 Å². The maximum atomic E-state index is 9.23. The minimum atomic E-state index is 0.158. The molecule has 0 spiro atoms. The Kier molecular flexibility index (Phi) is 5.03. The first-order valence-corrected chi connectivity index (χ1v) is 8.94. The van der Waals surface area contributed by atoms with Crippen LogP contribution in [0, 0.1) is 0 Å². The molecule has 2 heterocycles. The molecule has 5 heteroatoms. The van der Waals surface area contributed by atoms with Crippen molar-refractivity contribution in [2.24, 2.45) is 0 Å². The summed E-state index contributed by atoms with van der Waals surface area (Å²) in [5.74, 6) is 0. The topological polar surface area (TPSA) is 63.8 Å². The van der Waals surface area contributed by atoms with Crippen LogP contribution in [0.5, 0.6) is 0 Å². The van der Waals surface area contributed by atoms with E-state index < -0.39 is 0 Å². The number of nitrogens with zero attached hydrogens (tertiary/aromatic N) is 4. The number of imidazole rings is 1. The second-order valence-corrected chi connectivity index (χ2v) is 6.28. The molecule has 4 rings (SSSR count). The highest BCUT2D eigenvalue weighted by molar-refractivity contribution is 5.79. The number of aliphatic hydroxyl groups excluding tert-OH is 1. The minimum Gasteiger partial charge on any atom is -0.396 e. The molecule has 1 N–H and O–H groups in total. The fourth-order valence-corrected chi connectivity index (χ4v) is 3.17. The Hall–Kier alpha value is -3.31. The largest absolute Gasteiger partial charge is 0.396 e. The van der Waals surface area contributed by atoms with Crippen LogP contribution in [0.4, 0.5) is 0 Å². The van der Waals surface area contributed by atoms with Crippen LogP contribution in [0.3, 0.4) is 0 Å². The molecule has 2 aromatic heterocycles. The molecule has 0 saturated heterocycles. The SMILES string of the molecule is OCCCn1cnc(-c2ccccc2)c1-c1ccc(-c2cncnc2)cc1. The lowest BCUT2D eigenvalue weighted by atomic mass is 10.0. The third-order valence-electron chi connectivity index (χ3n) is 4.49. The van der Waals surface area contributed by atoms with E-state index in [-0.39, 0.29) is 6.61 Å². The van der Waals surface area contributed by atoms with Crippen LogP contribution in [0.1, 0.15) is 6.42 Å². The average molecular weight is 356 g/mol. The van der Waals surface area contributed by atoms with Gasteiger partial charge in [0.25, 0.3) is 0 Å². The molecular formula is C22H20N4O. The Morgan fingerprint density at radius 1 is 0.778 bits per heavy atom. The molecule has 5 nitrogen and oxygen atoms in total. The van der Waals surface area contributed by atoms with Crippen LogP contribution in [0.2, 0.25) is 0 Å². The highest BCUT2D eigenvalue weighted by Gasteiger charge is 2.15. The van der Waals surface area contributed by atoms with Crippen molar-refractivity contribution in [3.63, 3.8) is 0 Å². The van der Waals surface area contributed by atoms with Crippen molar-refractivity contribution in [1.82, 2.24) is 19.5 Å². The third kappa shape index (κ3) is 3.64. The van der Waals surface area contributed by atoms with E-state index >= 15 is 0 Å². The van der Waals surface area contributed by atoms with E-state index in [0.29, 0.717) is 6.42 Å². The van der Waals surface area contributed by atoms with Gasteiger partial charge in [-0.05, 0) is 12.0 Å². The molecule has 0 unspecified atom stereocenters. The summed E-state index contributed by atoms with van der Waals surface area (Å²) in [6, 6.07) is 18.5. The summed E-state index contributed by atoms with van der Waals surface area (Å²) < 4.78 is 2.11. The van der Waals surface area contributed by atoms with Crippen LogP contribution < -0.4 is 0 Å². The number of aromatic nitrogens is 4. The number of aryl methyl sites for hydroxylation is 1. The van der Waals surface area contributed by atoms with Gasteiger partial charge in [-0.3, -0.25) is 0 Å². The summed E-state index contributed by atoms with van der Waals surface area (Å²) in [7, 11) is 0. The Labute approximate surface area is 158 Å². The van der Waals surface area contributed by atoms with Crippen molar-refractivity contribution in [3.8, 4) is 33.6 Å². The number of hydrogen-bond donors (Lipinski definition) is 1. The zero-order valence-electron chi connectivity index (χ0n) is 14.9. The summed E-state index contributed by atoms with van der Waals surface area (Å²) in [5, 5.41) is 9.23. The monoisotopic (exact) mass is 356 g/mol. The zero-order valence-corrected chi connectivity index (χ0v) is 14.9. The van der Waals surface area contributed by atoms with Gasteiger partial charge in [-0.1, -0.05) is 54.6 Å². The van der Waals surface area contributed by atoms with E-state index in [2.05, 4.69) is 55.9 Å². The molecule has 27 heavy (non-hydrogen) atoms. The van der Waals surface area contributed by atoms with Gasteiger partial charge in [-0.2, -0.15) is 0 Å². The molecule has 0 bridgehead atoms. The van der Waals surface area contributed by atoms with E-state index in [9.17, 15) is 5.11 Å². The van der Waals surface area contributed by atoms with Crippen molar-refractivity contribution in [2.75, 3.05) is 6.61 Å². The van der Waals surface area contributed by atoms with Crippen LogP contribution in [-0.2, 0) is 6.54 Å². The van der Waals surface area contributed by atoms with Gasteiger partial charge in [0.05, 0.1) is 17.7 Å². The van der Waals surface area contributed by atoms with E-state index in [1.54, 1.807) is 0 Å². The van der Waals surface area contributed by atoms with Gasteiger partial charge in [0.2, 0.25) is 0 Å². The summed E-state index contributed by atoms with van der Waals surface area (Å²) in [4.78, 5) is 12.8. The zero-order chi connectivity index (χ0) is 18.5. The van der Waals surface area contributed by atoms with Crippen molar-refractivity contribution in [2.45, 2.75) is 13.0 Å². The van der Waals surface area contributed by atoms with Crippen molar-refractivity contribution in [3.05, 3.63) is 79.6 Å². The lowest BCUT2D eigenvalue weighted by Gasteiger charge is -2.11. The van der Waals surface area contributed by atoms with Gasteiger partial charge in [-0.25, -0.2) is 15.0 Å². The van der Waals surface area contributed by atoms with Crippen LogP contribution in [0.25, 0.3) is 33.6 Å². The highest BCUT2D eigenvalue weighted by Crippen LogP contribution is 2.32. The number of hydrogen-bond acceptors (Lipinski definition) is 4. The van der Waals surface area contributed by atoms with E-state index in [1.165, 1.54) is 6.33 Å². The first-order chi connectivity index (χ1) is 13.4. The molecule has 134 valence electrons. The molecule has 0 aliphatic heterocycles. The number of rotatable bonds is 6. The lowest BCUT2D eigenvalue weighted by molar-refractivity contribution is 0.280. The molecule has 0 aliphatic rings. The van der Waals surface area contributed by atoms with Gasteiger partial charge in [0.15, 0.2) is 0 Å². The minimum absolute atomic E-state index is 0.158. The maximum absolute atomic E-state index is 9.23. The molecule has 0 radical (unpaired) electrons. The first kappa shape index (κ1) is 17.1. The van der Waals surface area contributed by atoms with Gasteiger partial charge in [0.1, 0.15) is 6.33 Å². The molecule has 0 saturated carbocycles. The van der Waals surface area contributed by atoms with Crippen molar-refractivity contribution < 1.29 is 5.11 Å². The molecule has 2 aromatic carbocycles. The predicted molar refractivity (Wildman–Crippen MR) is 106 cm³/mol. The summed E-state index contributed by atoms with van der Waals surface area (Å²) in [6.07, 6.45) is 7.69. The van der Waals surface area contributed by atoms with Crippen LogP contribution in [-0.4, -0.2) is 31.2 Å². The predicted octanol–water partition coefficient (Wildman–Crippen LogP) is 4.06. The van der Waals surface area contributed by atoms with Gasteiger partial charge >= 0.3 is 0 Å². The Morgan fingerprint density at radius 3 is 2.19 bits per heavy atom. The molecule has 0 atom stereocenters. The maximum Gasteiger partial charge on any atom is 0.115 e. The Bertz CT molecular complexity index is 996. The Morgan fingerprint density at radius 2 is 1.48 bits per heavy atom. The summed E-state index contributed by atoms with van der Waals surface area (Å²) in [5.41, 5.74) is 6.23. The summed E-state index contributed by atoms with van der Waals surface area (Å²) >= 11 is 0. The quantitative estimate of drug-likeness (QED) is 0.566. The average Bonchev–Trinajstić information content (AvgIpc) is 3.17. The molecule has 4 aromatic rings. The van der Waals surface area contributed by atoms with Crippen molar-refractivity contribution in [1.29, 1.82) is 0 Å². The second-order valence-electron chi connectivity index (χ2n) is 6.28. The molecule has 0 amide bonds. The van der Waals surface area contributed by atoms with Crippen molar-refractivity contribution >= 4 is 0 Å². The standard InChI is InChI=1S/C22H20N4O/c27-12-4-11-26-16-25-21(18-5-2-1-3-6-18)22(26)19-9-7-17(8-10-19)20-13-23-15-24-14-20/h1-3,5-10,13-16,27H,4,11-12H2. The molecule has 0 aliphatic carbocycles. The van der Waals surface area contributed by atoms with Gasteiger partial charge in [-0.15, -0.1) is 0 Å². The van der Waals surface area contributed by atoms with Gasteiger partial charge in [0, 0.05) is 42.2 Å². The van der Waals surface area contributed by atoms with E-state index in [4.69, 9.17) is 0 Å².